The molecule has 0 saturated carbocycles. The number of nitrogens with two attached hydrogens (primary N) is 1. The third kappa shape index (κ3) is 5.84. The second kappa shape index (κ2) is 10.8. The van der Waals surface area contributed by atoms with Gasteiger partial charge in [0, 0.05) is 24.2 Å². The minimum Gasteiger partial charge on any atom is -0.397 e. The van der Waals surface area contributed by atoms with E-state index in [0.29, 0.717) is 35.6 Å². The highest BCUT2D eigenvalue weighted by Gasteiger charge is 2.29. The fourth-order valence-corrected chi connectivity index (χ4v) is 3.85. The Balaban J connectivity index is 0.00000342. The summed E-state index contributed by atoms with van der Waals surface area (Å²) in [7, 11) is 0. The van der Waals surface area contributed by atoms with Crippen LogP contribution in [-0.2, 0) is 9.59 Å². The first kappa shape index (κ1) is 25.4. The van der Waals surface area contributed by atoms with E-state index in [1.165, 1.54) is 12.1 Å². The van der Waals surface area contributed by atoms with Crippen LogP contribution >= 0.6 is 0 Å². The summed E-state index contributed by atoms with van der Waals surface area (Å²) in [4.78, 5) is 38.7. The first-order valence-corrected chi connectivity index (χ1v) is 11.0. The van der Waals surface area contributed by atoms with Crippen LogP contribution in [0.1, 0.15) is 37.6 Å². The summed E-state index contributed by atoms with van der Waals surface area (Å²) in [5, 5.41) is 5.58. The molecule has 1 atom stereocenters. The number of likely N-dealkylation sites (tertiary alicyclic amines) is 1. The summed E-state index contributed by atoms with van der Waals surface area (Å²) < 4.78 is 13.2. The van der Waals surface area contributed by atoms with Crippen molar-refractivity contribution < 1.29 is 18.8 Å². The molecule has 4 rings (SSSR count). The molecule has 1 unspecified atom stereocenters. The maximum Gasteiger partial charge on any atom is 0.255 e. The van der Waals surface area contributed by atoms with Gasteiger partial charge in [-0.1, -0.05) is 25.6 Å². The van der Waals surface area contributed by atoms with Crippen LogP contribution in [0, 0.1) is 5.82 Å². The first-order valence-electron chi connectivity index (χ1n) is 11.0. The second-order valence-corrected chi connectivity index (χ2v) is 8.20. The van der Waals surface area contributed by atoms with E-state index < -0.39 is 6.04 Å². The van der Waals surface area contributed by atoms with E-state index in [-0.39, 0.29) is 31.0 Å². The molecular formula is C27H29FN4O3. The summed E-state index contributed by atoms with van der Waals surface area (Å²) >= 11 is 0. The third-order valence-electron chi connectivity index (χ3n) is 5.85. The van der Waals surface area contributed by atoms with Crippen LogP contribution in [-0.4, -0.2) is 35.2 Å². The molecule has 1 fully saturated rings. The Kier molecular flexibility index (Phi) is 7.86. The van der Waals surface area contributed by atoms with Crippen molar-refractivity contribution in [1.29, 1.82) is 0 Å². The lowest BCUT2D eigenvalue weighted by molar-refractivity contribution is -0.134. The number of amides is 3. The van der Waals surface area contributed by atoms with Crippen molar-refractivity contribution in [2.75, 3.05) is 22.9 Å². The standard InChI is InChI=1S/C26H25FN4O3.CH4/c1-16(31-14-2-3-24(31)32)25(33)29-21-11-6-18(7-12-21)26(34)30-23-15-19(8-13-22(23)28)17-4-9-20(27)10-5-17;/h4-13,15-16H,2-3,14,28H2,1H3,(H,29,33)(H,30,34);1H4. The molecule has 1 saturated heterocycles. The molecule has 4 N–H and O–H groups in total. The zero-order valence-corrected chi connectivity index (χ0v) is 18.7. The topological polar surface area (TPSA) is 105 Å². The highest BCUT2D eigenvalue weighted by molar-refractivity contribution is 6.06. The normalized spacial score (nSPS) is 13.7. The maximum atomic E-state index is 13.2. The summed E-state index contributed by atoms with van der Waals surface area (Å²) in [5.41, 5.74) is 9.36. The molecule has 0 aromatic heterocycles. The average molecular weight is 477 g/mol. The van der Waals surface area contributed by atoms with Gasteiger partial charge in [0.15, 0.2) is 0 Å². The van der Waals surface area contributed by atoms with Gasteiger partial charge in [-0.25, -0.2) is 4.39 Å². The fourth-order valence-electron chi connectivity index (χ4n) is 3.85. The minimum atomic E-state index is -0.561. The van der Waals surface area contributed by atoms with Crippen LogP contribution in [0.25, 0.3) is 11.1 Å². The number of benzene rings is 3. The van der Waals surface area contributed by atoms with E-state index in [0.717, 1.165) is 17.5 Å². The zero-order valence-electron chi connectivity index (χ0n) is 18.7. The van der Waals surface area contributed by atoms with Crippen LogP contribution in [0.15, 0.2) is 66.7 Å². The Morgan fingerprint density at radius 2 is 1.63 bits per heavy atom. The Hall–Kier alpha value is -4.20. The van der Waals surface area contributed by atoms with Crippen molar-refractivity contribution in [2.45, 2.75) is 33.2 Å². The largest absolute Gasteiger partial charge is 0.397 e. The number of nitrogens with zero attached hydrogens (tertiary/aromatic N) is 1. The summed E-state index contributed by atoms with van der Waals surface area (Å²) in [6, 6.07) is 17.1. The van der Waals surface area contributed by atoms with E-state index in [2.05, 4.69) is 10.6 Å². The smallest absolute Gasteiger partial charge is 0.255 e. The number of hydrogen-bond acceptors (Lipinski definition) is 4. The van der Waals surface area contributed by atoms with Crippen molar-refractivity contribution in [1.82, 2.24) is 4.90 Å². The van der Waals surface area contributed by atoms with Gasteiger partial charge >= 0.3 is 0 Å². The van der Waals surface area contributed by atoms with E-state index in [9.17, 15) is 18.8 Å². The number of carbonyl (C=O) groups excluding carboxylic acids is 3. The Bertz CT molecular complexity index is 1230. The van der Waals surface area contributed by atoms with Crippen molar-refractivity contribution in [2.24, 2.45) is 0 Å². The predicted octanol–water partition coefficient (Wildman–Crippen LogP) is 4.91. The van der Waals surface area contributed by atoms with Gasteiger partial charge in [0.2, 0.25) is 11.8 Å². The molecule has 3 amide bonds. The molecule has 1 aliphatic rings. The lowest BCUT2D eigenvalue weighted by Gasteiger charge is -2.23. The molecule has 0 aliphatic carbocycles. The van der Waals surface area contributed by atoms with E-state index in [1.54, 1.807) is 66.4 Å². The second-order valence-electron chi connectivity index (χ2n) is 8.20. The SMILES string of the molecule is C.CC(C(=O)Nc1ccc(C(=O)Nc2cc(-c3ccc(F)cc3)ccc2N)cc1)N1CCCC1=O. The average Bonchev–Trinajstić information content (AvgIpc) is 3.26. The van der Waals surface area contributed by atoms with Gasteiger partial charge in [0.1, 0.15) is 11.9 Å². The third-order valence-corrected chi connectivity index (χ3v) is 5.85. The number of hydrogen-bond donors (Lipinski definition) is 3. The van der Waals surface area contributed by atoms with E-state index >= 15 is 0 Å². The fraction of sp³-hybridized carbons (Fsp3) is 0.222. The number of nitrogens with one attached hydrogen (secondary N) is 2. The van der Waals surface area contributed by atoms with Crippen molar-refractivity contribution in [3.63, 3.8) is 0 Å². The van der Waals surface area contributed by atoms with Gasteiger partial charge in [0.25, 0.3) is 5.91 Å². The monoisotopic (exact) mass is 476 g/mol. The summed E-state index contributed by atoms with van der Waals surface area (Å²) in [6.45, 7) is 2.28. The number of carbonyl (C=O) groups is 3. The van der Waals surface area contributed by atoms with Crippen molar-refractivity contribution in [3.05, 3.63) is 78.1 Å². The number of anilines is 3. The molecule has 0 spiro atoms. The van der Waals surface area contributed by atoms with Gasteiger partial charge in [-0.05, 0) is 73.0 Å². The molecule has 0 bridgehead atoms. The Morgan fingerprint density at radius 1 is 0.971 bits per heavy atom. The molecule has 3 aromatic rings. The lowest BCUT2D eigenvalue weighted by atomic mass is 10.0. The molecule has 7 nitrogen and oxygen atoms in total. The molecule has 1 aliphatic heterocycles. The van der Waals surface area contributed by atoms with Gasteiger partial charge in [0.05, 0.1) is 11.4 Å². The molecule has 182 valence electrons. The van der Waals surface area contributed by atoms with Crippen LogP contribution in [0.5, 0.6) is 0 Å². The molecule has 35 heavy (non-hydrogen) atoms. The molecule has 3 aromatic carbocycles. The highest BCUT2D eigenvalue weighted by Crippen LogP contribution is 2.28. The first-order chi connectivity index (χ1) is 16.3. The zero-order chi connectivity index (χ0) is 24.2. The van der Waals surface area contributed by atoms with Gasteiger partial charge < -0.3 is 21.3 Å². The van der Waals surface area contributed by atoms with Crippen LogP contribution < -0.4 is 16.4 Å². The summed E-state index contributed by atoms with van der Waals surface area (Å²) in [5.74, 6) is -0.988. The number of halogens is 1. The quantitative estimate of drug-likeness (QED) is 0.440. The van der Waals surface area contributed by atoms with E-state index in [1.807, 2.05) is 0 Å². The highest BCUT2D eigenvalue weighted by atomic mass is 19.1. The van der Waals surface area contributed by atoms with Crippen LogP contribution in [0.2, 0.25) is 0 Å². The summed E-state index contributed by atoms with van der Waals surface area (Å²) in [6.07, 6.45) is 1.23. The Labute approximate surface area is 204 Å². The molecule has 1 heterocycles. The number of rotatable bonds is 6. The van der Waals surface area contributed by atoms with Crippen molar-refractivity contribution in [3.8, 4) is 11.1 Å². The van der Waals surface area contributed by atoms with Crippen LogP contribution in [0.3, 0.4) is 0 Å². The predicted molar refractivity (Wildman–Crippen MR) is 136 cm³/mol. The molecular weight excluding hydrogens is 447 g/mol. The molecule has 0 radical (unpaired) electrons. The Morgan fingerprint density at radius 3 is 2.26 bits per heavy atom. The van der Waals surface area contributed by atoms with Gasteiger partial charge in [-0.15, -0.1) is 0 Å². The number of nitrogen functional groups attached to an aromatic ring is 1. The lowest BCUT2D eigenvalue weighted by Crippen LogP contribution is -2.42. The van der Waals surface area contributed by atoms with Crippen LogP contribution in [0.4, 0.5) is 21.5 Å². The van der Waals surface area contributed by atoms with Crippen molar-refractivity contribution >= 4 is 34.8 Å². The van der Waals surface area contributed by atoms with Gasteiger partial charge in [-0.2, -0.15) is 0 Å². The molecule has 8 heteroatoms. The maximum absolute atomic E-state index is 13.2. The van der Waals surface area contributed by atoms with Gasteiger partial charge in [-0.3, -0.25) is 14.4 Å². The minimum absolute atomic E-state index is 0. The van der Waals surface area contributed by atoms with E-state index in [4.69, 9.17) is 5.73 Å².